The molecule has 0 aliphatic heterocycles. The van der Waals surface area contributed by atoms with Crippen LogP contribution in [0.3, 0.4) is 0 Å². The predicted octanol–water partition coefficient (Wildman–Crippen LogP) is 3.93. The number of alkyl halides is 3. The average Bonchev–Trinajstić information content (AvgIpc) is 3.44. The summed E-state index contributed by atoms with van der Waals surface area (Å²) in [5, 5.41) is 10.1. The molecule has 0 radical (unpaired) electrons. The molecule has 0 spiro atoms. The number of benzene rings is 1. The van der Waals surface area contributed by atoms with Gasteiger partial charge in [-0.3, -0.25) is 10.00 Å². The molecule has 5 rings (SSSR count). The number of amides is 1. The summed E-state index contributed by atoms with van der Waals surface area (Å²) in [6.07, 6.45) is -2.33. The molecule has 1 saturated carbocycles. The van der Waals surface area contributed by atoms with Gasteiger partial charge in [0.1, 0.15) is 17.5 Å². The molecule has 13 heteroatoms. The lowest BCUT2D eigenvalue weighted by molar-refractivity contribution is -0.162. The van der Waals surface area contributed by atoms with Crippen LogP contribution in [0.5, 0.6) is 11.6 Å². The number of aromatic nitrogens is 5. The first-order valence-electron chi connectivity index (χ1n) is 11.0. The zero-order valence-corrected chi connectivity index (χ0v) is 19.3. The normalized spacial score (nSPS) is 14.6. The maximum absolute atomic E-state index is 13.5. The molecule has 4 aromatic rings. The van der Waals surface area contributed by atoms with Gasteiger partial charge < -0.3 is 14.9 Å². The van der Waals surface area contributed by atoms with Gasteiger partial charge in [-0.2, -0.15) is 23.0 Å². The summed E-state index contributed by atoms with van der Waals surface area (Å²) in [5.74, 6) is 0.888. The molecular formula is C23H22F3N7O3. The van der Waals surface area contributed by atoms with E-state index in [-0.39, 0.29) is 24.4 Å². The van der Waals surface area contributed by atoms with Crippen molar-refractivity contribution in [3.63, 3.8) is 0 Å². The number of hydrogen-bond acceptors (Lipinski definition) is 7. The summed E-state index contributed by atoms with van der Waals surface area (Å²) in [6.45, 7) is 0.573. The molecule has 0 atom stereocenters. The van der Waals surface area contributed by atoms with Gasteiger partial charge in [0.2, 0.25) is 5.88 Å². The van der Waals surface area contributed by atoms with E-state index in [1.165, 1.54) is 30.4 Å². The summed E-state index contributed by atoms with van der Waals surface area (Å²) in [7, 11) is 3.23. The minimum absolute atomic E-state index is 0.00465. The first-order valence-corrected chi connectivity index (χ1v) is 11.0. The molecule has 0 saturated heterocycles. The molecule has 1 aliphatic carbocycles. The number of nitrogens with one attached hydrogen (secondary N) is 2. The summed E-state index contributed by atoms with van der Waals surface area (Å²) in [4.78, 5) is 26.0. The third kappa shape index (κ3) is 4.44. The Bertz CT molecular complexity index is 1430. The fourth-order valence-electron chi connectivity index (χ4n) is 4.07. The zero-order chi connectivity index (χ0) is 25.5. The second-order valence-electron chi connectivity index (χ2n) is 8.46. The van der Waals surface area contributed by atoms with Crippen molar-refractivity contribution in [3.8, 4) is 11.6 Å². The highest BCUT2D eigenvalue weighted by molar-refractivity contribution is 5.86. The number of anilines is 1. The van der Waals surface area contributed by atoms with Gasteiger partial charge in [0.25, 0.3) is 0 Å². The second-order valence-corrected chi connectivity index (χ2v) is 8.46. The number of fused-ring (bicyclic) bond motifs is 1. The number of hydrogen-bond donors (Lipinski definition) is 2. The number of aryl methyl sites for hydroxylation is 1. The predicted molar refractivity (Wildman–Crippen MR) is 123 cm³/mol. The Balaban J connectivity index is 1.27. The average molecular weight is 501 g/mol. The molecule has 36 heavy (non-hydrogen) atoms. The monoisotopic (exact) mass is 501 g/mol. The van der Waals surface area contributed by atoms with Gasteiger partial charge in [0.05, 0.1) is 16.9 Å². The van der Waals surface area contributed by atoms with E-state index in [2.05, 4.69) is 25.7 Å². The van der Waals surface area contributed by atoms with Gasteiger partial charge in [-0.1, -0.05) is 0 Å². The quantitative estimate of drug-likeness (QED) is 0.395. The molecule has 0 unspecified atom stereocenters. The fraction of sp³-hybridized carbons (Fsp3) is 0.304. The van der Waals surface area contributed by atoms with Crippen LogP contribution < -0.4 is 20.2 Å². The minimum atomic E-state index is -4.38. The number of carbonyl (C=O) groups excluding carboxylic acids is 1. The van der Waals surface area contributed by atoms with E-state index in [9.17, 15) is 18.0 Å². The van der Waals surface area contributed by atoms with Crippen LogP contribution in [-0.2, 0) is 19.0 Å². The fourth-order valence-corrected chi connectivity index (χ4v) is 4.07. The van der Waals surface area contributed by atoms with Gasteiger partial charge >= 0.3 is 12.3 Å². The molecule has 2 N–H and O–H groups in total. The Morgan fingerprint density at radius 3 is 2.69 bits per heavy atom. The topological polar surface area (TPSA) is 108 Å². The van der Waals surface area contributed by atoms with Crippen molar-refractivity contribution < 1.29 is 27.5 Å². The molecule has 1 aromatic carbocycles. The zero-order valence-electron chi connectivity index (χ0n) is 19.3. The van der Waals surface area contributed by atoms with Gasteiger partial charge in [-0.25, -0.2) is 14.8 Å². The highest BCUT2D eigenvalue weighted by atomic mass is 19.4. The van der Waals surface area contributed by atoms with Crippen LogP contribution in [0.2, 0.25) is 0 Å². The molecule has 10 nitrogen and oxygen atoms in total. The Kier molecular flexibility index (Phi) is 5.79. The lowest BCUT2D eigenvalue weighted by Crippen LogP contribution is -2.30. The van der Waals surface area contributed by atoms with Gasteiger partial charge in [-0.05, 0) is 44.2 Å². The summed E-state index contributed by atoms with van der Waals surface area (Å²) < 4.78 is 48.6. The van der Waals surface area contributed by atoms with Gasteiger partial charge in [-0.15, -0.1) is 0 Å². The summed E-state index contributed by atoms with van der Waals surface area (Å²) in [5.41, 5.74) is -0.549. The molecular weight excluding hydrogens is 479 g/mol. The molecule has 1 fully saturated rings. The molecule has 1 amide bonds. The van der Waals surface area contributed by atoms with Crippen LogP contribution in [-0.4, -0.2) is 43.8 Å². The second kappa shape index (κ2) is 8.82. The number of rotatable bonds is 7. The van der Waals surface area contributed by atoms with Crippen molar-refractivity contribution in [1.82, 2.24) is 29.8 Å². The SMILES string of the molecule is CNCc1cc(Oc2ccc3c(ccn3OC(=O)Nc3cc(C4(C(F)(F)F)CC4)n(C)n3)c2)ncn1. The van der Waals surface area contributed by atoms with Crippen molar-refractivity contribution >= 4 is 22.8 Å². The van der Waals surface area contributed by atoms with Crippen LogP contribution in [0.25, 0.3) is 10.9 Å². The van der Waals surface area contributed by atoms with E-state index >= 15 is 0 Å². The maximum Gasteiger partial charge on any atom is 0.437 e. The van der Waals surface area contributed by atoms with E-state index in [1.807, 2.05) is 7.05 Å². The molecule has 0 bridgehead atoms. The van der Waals surface area contributed by atoms with Crippen molar-refractivity contribution in [2.45, 2.75) is 31.0 Å². The molecule has 3 heterocycles. The minimum Gasteiger partial charge on any atom is -0.439 e. The van der Waals surface area contributed by atoms with E-state index in [0.29, 0.717) is 23.7 Å². The van der Waals surface area contributed by atoms with Crippen LogP contribution in [0.4, 0.5) is 23.8 Å². The molecule has 1 aliphatic rings. The third-order valence-electron chi connectivity index (χ3n) is 5.98. The summed E-state index contributed by atoms with van der Waals surface area (Å²) in [6, 6.07) is 9.82. The van der Waals surface area contributed by atoms with Crippen molar-refractivity contribution in [1.29, 1.82) is 0 Å². The number of carbonyl (C=O) groups is 1. The van der Waals surface area contributed by atoms with E-state index in [0.717, 1.165) is 15.8 Å². The third-order valence-corrected chi connectivity index (χ3v) is 5.98. The van der Waals surface area contributed by atoms with Crippen LogP contribution in [0.1, 0.15) is 24.2 Å². The number of ether oxygens (including phenoxy) is 1. The van der Waals surface area contributed by atoms with Crippen molar-refractivity contribution in [2.75, 3.05) is 12.4 Å². The lowest BCUT2D eigenvalue weighted by Gasteiger charge is -2.18. The first-order chi connectivity index (χ1) is 17.2. The first kappa shape index (κ1) is 23.6. The van der Waals surface area contributed by atoms with Crippen LogP contribution in [0, 0.1) is 0 Å². The Morgan fingerprint density at radius 1 is 1.17 bits per heavy atom. The van der Waals surface area contributed by atoms with Crippen LogP contribution >= 0.6 is 0 Å². The van der Waals surface area contributed by atoms with Gasteiger partial charge in [0.15, 0.2) is 5.82 Å². The van der Waals surface area contributed by atoms with Crippen LogP contribution in [0.15, 0.2) is 48.9 Å². The Labute approximate surface area is 203 Å². The highest BCUT2D eigenvalue weighted by Crippen LogP contribution is 2.59. The number of nitrogens with zero attached hydrogens (tertiary/aromatic N) is 5. The summed E-state index contributed by atoms with van der Waals surface area (Å²) >= 11 is 0. The van der Waals surface area contributed by atoms with E-state index < -0.39 is 17.7 Å². The Morgan fingerprint density at radius 2 is 1.97 bits per heavy atom. The maximum atomic E-state index is 13.5. The molecule has 3 aromatic heterocycles. The number of halogens is 3. The van der Waals surface area contributed by atoms with E-state index in [4.69, 9.17) is 9.57 Å². The van der Waals surface area contributed by atoms with Crippen molar-refractivity contribution in [3.05, 3.63) is 60.3 Å². The standard InChI is InChI=1S/C23H22F3N7O3/c1-27-12-15-10-20(29-13-28-15)35-16-3-4-17-14(9-16)5-8-33(17)36-21(34)30-19-11-18(32(2)31-19)22(6-7-22)23(24,25)26/h3-5,8-11,13,27H,6-7,12H2,1-2H3,(H,30,31,34). The Hall–Kier alpha value is -4.13. The highest BCUT2D eigenvalue weighted by Gasteiger charge is 2.65. The van der Waals surface area contributed by atoms with Crippen molar-refractivity contribution in [2.24, 2.45) is 7.05 Å². The van der Waals surface area contributed by atoms with E-state index in [1.54, 1.807) is 30.3 Å². The molecule has 188 valence electrons. The largest absolute Gasteiger partial charge is 0.439 e. The lowest BCUT2D eigenvalue weighted by atomic mass is 10.0. The smallest absolute Gasteiger partial charge is 0.437 e. The van der Waals surface area contributed by atoms with Gasteiger partial charge in [0, 0.05) is 37.3 Å².